The number of aliphatic hydroxyl groups is 1. The lowest BCUT2D eigenvalue weighted by molar-refractivity contribution is -0.147. The van der Waals surface area contributed by atoms with E-state index in [9.17, 15) is 18.3 Å². The van der Waals surface area contributed by atoms with Crippen LogP contribution in [0.1, 0.15) is 24.1 Å². The summed E-state index contributed by atoms with van der Waals surface area (Å²) in [6, 6.07) is 9.30. The third kappa shape index (κ3) is 4.66. The summed E-state index contributed by atoms with van der Waals surface area (Å²) < 4.78 is 52.1. The molecule has 5 heterocycles. The van der Waals surface area contributed by atoms with E-state index in [1.54, 1.807) is 18.1 Å². The van der Waals surface area contributed by atoms with Crippen LogP contribution in [0.4, 0.5) is 24.9 Å². The molecule has 1 aromatic carbocycles. The summed E-state index contributed by atoms with van der Waals surface area (Å²) in [6.45, 7) is 3.92. The molecule has 1 atom stereocenters. The number of hydrogen-bond acceptors (Lipinski definition) is 10. The molecule has 0 aliphatic carbocycles. The fraction of sp³-hybridized carbons (Fsp3) is 0.423. The second-order valence-electron chi connectivity index (χ2n) is 9.73. The van der Waals surface area contributed by atoms with Crippen LogP contribution in [0.2, 0.25) is 0 Å². The molecule has 11 nitrogen and oxygen atoms in total. The molecular weight excluding hydrogens is 529 g/mol. The minimum absolute atomic E-state index is 0.0467. The molecule has 0 unspecified atom stereocenters. The van der Waals surface area contributed by atoms with Crippen molar-refractivity contribution in [2.24, 2.45) is 0 Å². The highest BCUT2D eigenvalue weighted by molar-refractivity contribution is 5.90. The van der Waals surface area contributed by atoms with Gasteiger partial charge in [-0.25, -0.2) is 4.98 Å². The molecule has 0 bridgehead atoms. The first-order valence-electron chi connectivity index (χ1n) is 12.8. The second-order valence-corrected chi connectivity index (χ2v) is 9.73. The lowest BCUT2D eigenvalue weighted by atomic mass is 10.1. The van der Waals surface area contributed by atoms with E-state index in [0.29, 0.717) is 54.2 Å². The predicted molar refractivity (Wildman–Crippen MR) is 139 cm³/mol. The number of morpholine rings is 1. The highest BCUT2D eigenvalue weighted by atomic mass is 19.4. The first-order chi connectivity index (χ1) is 19.3. The number of anilines is 2. The third-order valence-corrected chi connectivity index (χ3v) is 7.20. The van der Waals surface area contributed by atoms with Crippen LogP contribution in [0.25, 0.3) is 22.3 Å². The molecular formula is C26H27F3N8O3. The van der Waals surface area contributed by atoms with Crippen LogP contribution in [0, 0.1) is 0 Å². The number of aliphatic hydroxyl groups excluding tert-OH is 1. The molecule has 2 aliphatic rings. The van der Waals surface area contributed by atoms with Crippen molar-refractivity contribution in [2.45, 2.75) is 38.8 Å². The largest absolute Gasteiger partial charge is 0.496 e. The summed E-state index contributed by atoms with van der Waals surface area (Å²) in [7, 11) is 1.54. The van der Waals surface area contributed by atoms with E-state index in [4.69, 9.17) is 24.4 Å². The number of fused-ring (bicyclic) bond motifs is 2. The van der Waals surface area contributed by atoms with Crippen molar-refractivity contribution in [1.82, 2.24) is 29.7 Å². The average molecular weight is 557 g/mol. The van der Waals surface area contributed by atoms with Crippen molar-refractivity contribution in [3.05, 3.63) is 47.5 Å². The lowest BCUT2D eigenvalue weighted by Gasteiger charge is -2.35. The first-order valence-corrected chi connectivity index (χ1v) is 12.8. The molecule has 1 N–H and O–H groups in total. The first kappa shape index (κ1) is 26.2. The Morgan fingerprint density at radius 1 is 1.07 bits per heavy atom. The van der Waals surface area contributed by atoms with Crippen molar-refractivity contribution in [1.29, 1.82) is 0 Å². The molecule has 1 fully saturated rings. The Balaban J connectivity index is 1.44. The minimum Gasteiger partial charge on any atom is -0.496 e. The monoisotopic (exact) mass is 556 g/mol. The van der Waals surface area contributed by atoms with Gasteiger partial charge in [-0.3, -0.25) is 0 Å². The standard InChI is InChI=1S/C26H27F3N8O3/c1-15-14-40-10-9-36(15)23-18-4-5-19(16-3-6-20(39-2)17(11-16)13-38)30-22(18)31-25(32-23)35-7-8-37-21(12-35)33-34-24(37)26(27,28)29/h3-6,11,15,38H,7-10,12-14H2,1-2H3/t15-/m0/s1. The predicted octanol–water partition coefficient (Wildman–Crippen LogP) is 3.05. The number of ether oxygens (including phenoxy) is 2. The molecule has 0 spiro atoms. The number of pyridine rings is 1. The smallest absolute Gasteiger partial charge is 0.451 e. The van der Waals surface area contributed by atoms with Crippen LogP contribution in [-0.2, 0) is 30.6 Å². The maximum absolute atomic E-state index is 13.4. The summed E-state index contributed by atoms with van der Waals surface area (Å²) in [6.07, 6.45) is -4.58. The highest BCUT2D eigenvalue weighted by Crippen LogP contribution is 2.34. The van der Waals surface area contributed by atoms with Crippen LogP contribution in [0.3, 0.4) is 0 Å². The zero-order valence-corrected chi connectivity index (χ0v) is 21.9. The summed E-state index contributed by atoms with van der Waals surface area (Å²) >= 11 is 0. The molecule has 6 rings (SSSR count). The van der Waals surface area contributed by atoms with Gasteiger partial charge in [-0.2, -0.15) is 23.1 Å². The number of benzene rings is 1. The topological polar surface area (TPSA) is 115 Å². The SMILES string of the molecule is COc1ccc(-c2ccc3c(N4CCOC[C@@H]4C)nc(N4CCn5c(nnc5C(F)(F)F)C4)nc3n2)cc1CO. The van der Waals surface area contributed by atoms with E-state index in [-0.39, 0.29) is 38.1 Å². The zero-order valence-electron chi connectivity index (χ0n) is 21.9. The van der Waals surface area contributed by atoms with Gasteiger partial charge in [0.15, 0.2) is 11.5 Å². The van der Waals surface area contributed by atoms with Gasteiger partial charge in [0.1, 0.15) is 11.6 Å². The Labute approximate surface area is 227 Å². The number of nitrogens with zero attached hydrogens (tertiary/aromatic N) is 8. The van der Waals surface area contributed by atoms with Gasteiger partial charge in [0.25, 0.3) is 0 Å². The average Bonchev–Trinajstić information content (AvgIpc) is 3.40. The summed E-state index contributed by atoms with van der Waals surface area (Å²) in [4.78, 5) is 18.4. The number of rotatable bonds is 5. The number of halogens is 3. The molecule has 40 heavy (non-hydrogen) atoms. The number of alkyl halides is 3. The minimum atomic E-state index is -4.58. The molecule has 210 valence electrons. The summed E-state index contributed by atoms with van der Waals surface area (Å²) in [5, 5.41) is 17.7. The van der Waals surface area contributed by atoms with Gasteiger partial charge in [0.2, 0.25) is 11.8 Å². The van der Waals surface area contributed by atoms with Gasteiger partial charge < -0.3 is 28.9 Å². The van der Waals surface area contributed by atoms with Crippen LogP contribution in [-0.4, -0.2) is 74.3 Å². The van der Waals surface area contributed by atoms with E-state index in [1.165, 1.54) is 0 Å². The van der Waals surface area contributed by atoms with Crippen LogP contribution in [0.15, 0.2) is 30.3 Å². The molecule has 0 amide bonds. The summed E-state index contributed by atoms with van der Waals surface area (Å²) in [5.41, 5.74) is 2.49. The van der Waals surface area contributed by atoms with E-state index >= 15 is 0 Å². The Morgan fingerprint density at radius 3 is 2.67 bits per heavy atom. The Morgan fingerprint density at radius 2 is 1.93 bits per heavy atom. The van der Waals surface area contributed by atoms with Gasteiger partial charge in [0.05, 0.1) is 50.6 Å². The van der Waals surface area contributed by atoms with Gasteiger partial charge >= 0.3 is 6.18 Å². The lowest BCUT2D eigenvalue weighted by Crippen LogP contribution is -2.44. The zero-order chi connectivity index (χ0) is 28.0. The van der Waals surface area contributed by atoms with Crippen LogP contribution in [0.5, 0.6) is 5.75 Å². The maximum atomic E-state index is 13.4. The molecule has 3 aromatic heterocycles. The number of methoxy groups -OCH3 is 1. The Hall–Kier alpha value is -4.04. The van der Waals surface area contributed by atoms with Gasteiger partial charge in [-0.1, -0.05) is 0 Å². The molecule has 14 heteroatoms. The van der Waals surface area contributed by atoms with E-state index in [2.05, 4.69) is 15.1 Å². The molecule has 0 radical (unpaired) electrons. The van der Waals surface area contributed by atoms with Crippen molar-refractivity contribution in [3.8, 4) is 17.0 Å². The van der Waals surface area contributed by atoms with Crippen molar-refractivity contribution in [2.75, 3.05) is 43.2 Å². The molecule has 1 saturated heterocycles. The van der Waals surface area contributed by atoms with E-state index in [1.807, 2.05) is 31.2 Å². The molecule has 2 aliphatic heterocycles. The van der Waals surface area contributed by atoms with Gasteiger partial charge in [0, 0.05) is 30.8 Å². The normalized spacial score (nSPS) is 17.8. The van der Waals surface area contributed by atoms with Crippen LogP contribution < -0.4 is 14.5 Å². The second kappa shape index (κ2) is 10.2. The fourth-order valence-electron chi connectivity index (χ4n) is 5.15. The molecule has 4 aromatic rings. The Bertz CT molecular complexity index is 1560. The van der Waals surface area contributed by atoms with Crippen LogP contribution >= 0.6 is 0 Å². The fourth-order valence-corrected chi connectivity index (χ4v) is 5.15. The van der Waals surface area contributed by atoms with E-state index < -0.39 is 12.0 Å². The summed E-state index contributed by atoms with van der Waals surface area (Å²) in [5.74, 6) is 0.799. The van der Waals surface area contributed by atoms with Gasteiger partial charge in [-0.15, -0.1) is 10.2 Å². The van der Waals surface area contributed by atoms with Crippen molar-refractivity contribution < 1.29 is 27.8 Å². The van der Waals surface area contributed by atoms with E-state index in [0.717, 1.165) is 15.5 Å². The molecule has 0 saturated carbocycles. The highest BCUT2D eigenvalue weighted by Gasteiger charge is 2.40. The number of aromatic nitrogens is 6. The quantitative estimate of drug-likeness (QED) is 0.393. The van der Waals surface area contributed by atoms with Crippen molar-refractivity contribution in [3.63, 3.8) is 0 Å². The number of hydrogen-bond donors (Lipinski definition) is 1. The Kier molecular flexibility index (Phi) is 6.66. The van der Waals surface area contributed by atoms with Gasteiger partial charge in [-0.05, 0) is 37.3 Å². The maximum Gasteiger partial charge on any atom is 0.451 e. The third-order valence-electron chi connectivity index (χ3n) is 7.20. The van der Waals surface area contributed by atoms with Crippen molar-refractivity contribution >= 4 is 22.8 Å².